The van der Waals surface area contributed by atoms with E-state index in [0.717, 1.165) is 16.8 Å². The molecule has 0 saturated heterocycles. The van der Waals surface area contributed by atoms with E-state index in [9.17, 15) is 10.4 Å². The molecule has 1 unspecified atom stereocenters. The van der Waals surface area contributed by atoms with Gasteiger partial charge >= 0.3 is 0 Å². The number of benzene rings is 2. The smallest absolute Gasteiger partial charge is 0.137 e. The monoisotopic (exact) mass is 331 g/mol. The lowest BCUT2D eigenvalue weighted by atomic mass is 9.90. The molecule has 4 nitrogen and oxygen atoms in total. The third-order valence-electron chi connectivity index (χ3n) is 4.54. The summed E-state index contributed by atoms with van der Waals surface area (Å²) in [5.74, 6) is 0.601. The zero-order valence-corrected chi connectivity index (χ0v) is 14.4. The average Bonchev–Trinajstić information content (AvgIpc) is 2.91. The molecule has 0 bridgehead atoms. The van der Waals surface area contributed by atoms with E-state index in [0.29, 0.717) is 5.57 Å². The van der Waals surface area contributed by atoms with Gasteiger partial charge in [-0.2, -0.15) is 5.26 Å². The van der Waals surface area contributed by atoms with E-state index in [2.05, 4.69) is 6.07 Å². The van der Waals surface area contributed by atoms with Crippen LogP contribution in [0.1, 0.15) is 30.9 Å². The molecule has 0 spiro atoms. The van der Waals surface area contributed by atoms with Gasteiger partial charge in [0.05, 0.1) is 24.1 Å². The van der Waals surface area contributed by atoms with Crippen LogP contribution in [-0.4, -0.2) is 17.5 Å². The number of hydrogen-bond donors (Lipinski definition) is 2. The van der Waals surface area contributed by atoms with Gasteiger partial charge in [-0.3, -0.25) is 5.41 Å². The van der Waals surface area contributed by atoms with Gasteiger partial charge in [-0.25, -0.2) is 0 Å². The molecule has 2 aromatic carbocycles. The van der Waals surface area contributed by atoms with Gasteiger partial charge in [0, 0.05) is 5.69 Å². The van der Waals surface area contributed by atoms with Crippen LogP contribution in [0.2, 0.25) is 0 Å². The normalized spacial score (nSPS) is 15.6. The van der Waals surface area contributed by atoms with Gasteiger partial charge in [0.25, 0.3) is 0 Å². The number of nitrogens with zero attached hydrogens (tertiary/aromatic N) is 2. The first kappa shape index (κ1) is 16.8. The molecule has 126 valence electrons. The highest BCUT2D eigenvalue weighted by Crippen LogP contribution is 2.32. The average molecular weight is 331 g/mol. The van der Waals surface area contributed by atoms with Crippen LogP contribution in [0.15, 0.2) is 60.4 Å². The Morgan fingerprint density at radius 2 is 1.72 bits per heavy atom. The van der Waals surface area contributed by atoms with Crippen molar-refractivity contribution < 1.29 is 5.11 Å². The van der Waals surface area contributed by atoms with Gasteiger partial charge in [0.2, 0.25) is 0 Å². The lowest BCUT2D eigenvalue weighted by Gasteiger charge is -2.20. The number of nitriles is 1. The fourth-order valence-corrected chi connectivity index (χ4v) is 3.18. The molecule has 0 aromatic heterocycles. The van der Waals surface area contributed by atoms with Crippen LogP contribution in [-0.2, 0) is 0 Å². The molecule has 3 rings (SSSR count). The molecule has 0 radical (unpaired) electrons. The first-order valence-electron chi connectivity index (χ1n) is 8.36. The maximum Gasteiger partial charge on any atom is 0.137 e. The summed E-state index contributed by atoms with van der Waals surface area (Å²) in [7, 11) is 0. The van der Waals surface area contributed by atoms with E-state index in [1.807, 2.05) is 68.4 Å². The first-order valence-corrected chi connectivity index (χ1v) is 8.36. The highest BCUT2D eigenvalue weighted by molar-refractivity contribution is 6.30. The second-order valence-electron chi connectivity index (χ2n) is 6.56. The van der Waals surface area contributed by atoms with Gasteiger partial charge in [-0.15, -0.1) is 0 Å². The van der Waals surface area contributed by atoms with Crippen LogP contribution >= 0.6 is 0 Å². The second-order valence-corrected chi connectivity index (χ2v) is 6.56. The fourth-order valence-electron chi connectivity index (χ4n) is 3.18. The summed E-state index contributed by atoms with van der Waals surface area (Å²) in [6.07, 6.45) is 0. The summed E-state index contributed by atoms with van der Waals surface area (Å²) < 4.78 is 0. The van der Waals surface area contributed by atoms with Crippen LogP contribution in [0.25, 0.3) is 5.57 Å². The highest BCUT2D eigenvalue weighted by atomic mass is 16.3. The van der Waals surface area contributed by atoms with Gasteiger partial charge in [-0.05, 0) is 29.2 Å². The van der Waals surface area contributed by atoms with Crippen molar-refractivity contribution in [3.05, 3.63) is 71.5 Å². The molecular formula is C21H21N3O. The van der Waals surface area contributed by atoms with Crippen molar-refractivity contribution in [1.29, 1.82) is 10.7 Å². The van der Waals surface area contributed by atoms with Gasteiger partial charge in [0.15, 0.2) is 0 Å². The zero-order valence-electron chi connectivity index (χ0n) is 14.4. The van der Waals surface area contributed by atoms with Crippen molar-refractivity contribution in [3.63, 3.8) is 0 Å². The summed E-state index contributed by atoms with van der Waals surface area (Å²) in [6, 6.07) is 19.6. The SMILES string of the molecule is CC(C)C(C#N)c1ccc(N2CC(O)=C(c3ccccc3)C2=N)cc1. The number of amidine groups is 1. The third kappa shape index (κ3) is 3.14. The Morgan fingerprint density at radius 1 is 1.08 bits per heavy atom. The standard InChI is InChI=1S/C21H21N3O/c1-14(2)18(12-22)15-8-10-17(11-9-15)24-13-19(25)20(21(24)23)16-6-4-3-5-7-16/h3-11,14,18,23,25H,13H2,1-2H3. The topological polar surface area (TPSA) is 71.1 Å². The van der Waals surface area contributed by atoms with E-state index in [1.165, 1.54) is 0 Å². The minimum absolute atomic E-state index is 0.140. The summed E-state index contributed by atoms with van der Waals surface area (Å²) in [6.45, 7) is 4.35. The molecular weight excluding hydrogens is 310 g/mol. The van der Waals surface area contributed by atoms with Crippen molar-refractivity contribution in [1.82, 2.24) is 0 Å². The zero-order chi connectivity index (χ0) is 18.0. The maximum atomic E-state index is 10.4. The number of aliphatic hydroxyl groups is 1. The Morgan fingerprint density at radius 3 is 2.28 bits per heavy atom. The summed E-state index contributed by atoms with van der Waals surface area (Å²) in [4.78, 5) is 1.78. The Bertz CT molecular complexity index is 845. The van der Waals surface area contributed by atoms with Crippen LogP contribution < -0.4 is 4.90 Å². The molecule has 0 aliphatic carbocycles. The minimum atomic E-state index is -0.140. The number of aliphatic hydroxyl groups excluding tert-OH is 1. The highest BCUT2D eigenvalue weighted by Gasteiger charge is 2.29. The van der Waals surface area contributed by atoms with Gasteiger partial charge in [0.1, 0.15) is 11.6 Å². The van der Waals surface area contributed by atoms with E-state index in [4.69, 9.17) is 5.41 Å². The second kappa shape index (κ2) is 6.82. The summed E-state index contributed by atoms with van der Waals surface area (Å²) in [5.41, 5.74) is 3.23. The molecule has 1 aliphatic rings. The molecule has 25 heavy (non-hydrogen) atoms. The predicted molar refractivity (Wildman–Crippen MR) is 101 cm³/mol. The molecule has 0 amide bonds. The third-order valence-corrected chi connectivity index (χ3v) is 4.54. The molecule has 2 aromatic rings. The van der Waals surface area contributed by atoms with Gasteiger partial charge < -0.3 is 10.0 Å². The summed E-state index contributed by atoms with van der Waals surface area (Å²) >= 11 is 0. The van der Waals surface area contributed by atoms with Crippen molar-refractivity contribution in [2.75, 3.05) is 11.4 Å². The van der Waals surface area contributed by atoms with E-state index in [-0.39, 0.29) is 30.0 Å². The quantitative estimate of drug-likeness (QED) is 0.852. The van der Waals surface area contributed by atoms with Gasteiger partial charge in [-0.1, -0.05) is 56.3 Å². The van der Waals surface area contributed by atoms with Crippen molar-refractivity contribution in [2.45, 2.75) is 19.8 Å². The maximum absolute atomic E-state index is 10.4. The van der Waals surface area contributed by atoms with Crippen molar-refractivity contribution >= 4 is 17.1 Å². The molecule has 0 fully saturated rings. The largest absolute Gasteiger partial charge is 0.510 e. The number of nitrogens with one attached hydrogen (secondary N) is 1. The Hall–Kier alpha value is -3.06. The van der Waals surface area contributed by atoms with E-state index < -0.39 is 0 Å². The van der Waals surface area contributed by atoms with E-state index >= 15 is 0 Å². The Labute approximate surface area is 148 Å². The molecule has 1 heterocycles. The molecule has 1 atom stereocenters. The lowest BCUT2D eigenvalue weighted by molar-refractivity contribution is 0.411. The lowest BCUT2D eigenvalue weighted by Crippen LogP contribution is -2.26. The van der Waals surface area contributed by atoms with Crippen LogP contribution in [0.3, 0.4) is 0 Å². The van der Waals surface area contributed by atoms with Crippen LogP contribution in [0.5, 0.6) is 0 Å². The fraction of sp³-hybridized carbons (Fsp3) is 0.238. The minimum Gasteiger partial charge on any atom is -0.510 e. The molecule has 1 aliphatic heterocycles. The van der Waals surface area contributed by atoms with Crippen LogP contribution in [0.4, 0.5) is 5.69 Å². The van der Waals surface area contributed by atoms with Crippen LogP contribution in [0, 0.1) is 22.7 Å². The Balaban J connectivity index is 1.85. The van der Waals surface area contributed by atoms with E-state index in [1.54, 1.807) is 4.90 Å². The molecule has 4 heteroatoms. The first-order chi connectivity index (χ1) is 12.0. The summed E-state index contributed by atoms with van der Waals surface area (Å²) in [5, 5.41) is 28.2. The molecule has 0 saturated carbocycles. The van der Waals surface area contributed by atoms with Crippen molar-refractivity contribution in [2.24, 2.45) is 5.92 Å². The number of hydrogen-bond acceptors (Lipinski definition) is 3. The molecule has 2 N–H and O–H groups in total. The number of anilines is 1. The predicted octanol–water partition coefficient (Wildman–Crippen LogP) is 4.72. The van der Waals surface area contributed by atoms with Crippen molar-refractivity contribution in [3.8, 4) is 6.07 Å². The Kier molecular flexibility index (Phi) is 4.58. The number of rotatable bonds is 4.